The van der Waals surface area contributed by atoms with Gasteiger partial charge in [0.25, 0.3) is 5.91 Å². The predicted molar refractivity (Wildman–Crippen MR) is 103 cm³/mol. The lowest BCUT2D eigenvalue weighted by molar-refractivity contribution is -0.116. The minimum absolute atomic E-state index is 0.0302. The Morgan fingerprint density at radius 1 is 1.11 bits per heavy atom. The fourth-order valence-electron chi connectivity index (χ4n) is 3.78. The van der Waals surface area contributed by atoms with E-state index in [-0.39, 0.29) is 23.8 Å². The van der Waals surface area contributed by atoms with Gasteiger partial charge in [-0.3, -0.25) is 9.59 Å². The summed E-state index contributed by atoms with van der Waals surface area (Å²) in [7, 11) is -3.66. The maximum atomic E-state index is 13.2. The quantitative estimate of drug-likeness (QED) is 0.798. The molecule has 1 saturated heterocycles. The van der Waals surface area contributed by atoms with Crippen LogP contribution in [0.1, 0.15) is 29.3 Å². The molecule has 27 heavy (non-hydrogen) atoms. The van der Waals surface area contributed by atoms with Crippen LogP contribution in [-0.4, -0.2) is 32.5 Å². The molecule has 2 aliphatic rings. The molecule has 140 valence electrons. The van der Waals surface area contributed by atoms with Crippen molar-refractivity contribution in [2.75, 3.05) is 21.5 Å². The molecule has 0 spiro atoms. The lowest BCUT2D eigenvalue weighted by Gasteiger charge is -2.33. The van der Waals surface area contributed by atoms with Crippen molar-refractivity contribution in [2.24, 2.45) is 5.92 Å². The van der Waals surface area contributed by atoms with Crippen LogP contribution in [0.25, 0.3) is 0 Å². The Labute approximate surface area is 158 Å². The summed E-state index contributed by atoms with van der Waals surface area (Å²) in [5.41, 5.74) is 2.60. The van der Waals surface area contributed by atoms with E-state index in [2.05, 4.69) is 6.92 Å². The van der Waals surface area contributed by atoms with Crippen molar-refractivity contribution in [2.45, 2.75) is 19.8 Å². The summed E-state index contributed by atoms with van der Waals surface area (Å²) < 4.78 is 25.2. The van der Waals surface area contributed by atoms with E-state index in [4.69, 9.17) is 0 Å². The van der Waals surface area contributed by atoms with Gasteiger partial charge >= 0.3 is 0 Å². The Bertz CT molecular complexity index is 1030. The maximum Gasteiger partial charge on any atom is 0.258 e. The normalized spacial score (nSPS) is 21.2. The number of amides is 2. The van der Waals surface area contributed by atoms with Gasteiger partial charge in [-0.15, -0.1) is 0 Å². The predicted octanol–water partition coefficient (Wildman–Crippen LogP) is 2.59. The van der Waals surface area contributed by atoms with Crippen molar-refractivity contribution in [1.29, 1.82) is 0 Å². The number of benzene rings is 2. The number of carbonyl (C=O) groups excluding carboxylic acids is 2. The van der Waals surface area contributed by atoms with Crippen molar-refractivity contribution in [3.05, 3.63) is 59.7 Å². The van der Waals surface area contributed by atoms with Crippen molar-refractivity contribution in [3.63, 3.8) is 0 Å². The highest BCUT2D eigenvalue weighted by Gasteiger charge is 2.36. The van der Waals surface area contributed by atoms with Crippen LogP contribution in [-0.2, 0) is 21.2 Å². The van der Waals surface area contributed by atoms with E-state index in [1.807, 2.05) is 24.3 Å². The summed E-state index contributed by atoms with van der Waals surface area (Å²) in [5.74, 6) is -0.523. The molecule has 1 fully saturated rings. The molecule has 4 rings (SSSR count). The first kappa shape index (κ1) is 17.7. The van der Waals surface area contributed by atoms with Gasteiger partial charge in [0.2, 0.25) is 15.9 Å². The van der Waals surface area contributed by atoms with Crippen LogP contribution < -0.4 is 9.21 Å². The van der Waals surface area contributed by atoms with Gasteiger partial charge in [-0.05, 0) is 42.2 Å². The van der Waals surface area contributed by atoms with Crippen molar-refractivity contribution in [1.82, 2.24) is 0 Å². The summed E-state index contributed by atoms with van der Waals surface area (Å²) >= 11 is 0. The Morgan fingerprint density at radius 2 is 1.89 bits per heavy atom. The molecule has 2 amide bonds. The zero-order valence-electron chi connectivity index (χ0n) is 15.0. The van der Waals surface area contributed by atoms with Crippen LogP contribution in [0, 0.1) is 5.92 Å². The Morgan fingerprint density at radius 3 is 2.63 bits per heavy atom. The zero-order chi connectivity index (χ0) is 19.2. The van der Waals surface area contributed by atoms with Crippen molar-refractivity contribution in [3.8, 4) is 0 Å². The minimum atomic E-state index is -3.66. The van der Waals surface area contributed by atoms with Gasteiger partial charge in [0.05, 0.1) is 11.4 Å². The van der Waals surface area contributed by atoms with E-state index in [9.17, 15) is 18.0 Å². The number of sulfonamides is 1. The van der Waals surface area contributed by atoms with Crippen LogP contribution in [0.4, 0.5) is 11.4 Å². The number of carbonyl (C=O) groups is 2. The molecule has 2 heterocycles. The van der Waals surface area contributed by atoms with Crippen LogP contribution in [0.5, 0.6) is 0 Å². The van der Waals surface area contributed by atoms with Gasteiger partial charge in [-0.2, -0.15) is 0 Å². The molecule has 0 aromatic heterocycles. The highest BCUT2D eigenvalue weighted by molar-refractivity contribution is 7.94. The van der Waals surface area contributed by atoms with Gasteiger partial charge in [0.1, 0.15) is 0 Å². The smallest absolute Gasteiger partial charge is 0.258 e. The molecule has 0 N–H and O–H groups in total. The lowest BCUT2D eigenvalue weighted by Crippen LogP contribution is -2.39. The van der Waals surface area contributed by atoms with Crippen molar-refractivity contribution >= 4 is 33.2 Å². The molecule has 0 saturated carbocycles. The van der Waals surface area contributed by atoms with Crippen LogP contribution in [0.15, 0.2) is 48.5 Å². The molecule has 0 bridgehead atoms. The molecule has 2 aliphatic heterocycles. The third kappa shape index (κ3) is 3.12. The maximum absolute atomic E-state index is 13.2. The molecule has 0 aliphatic carbocycles. The molecule has 1 unspecified atom stereocenters. The second kappa shape index (κ2) is 6.49. The molecular formula is C20H20N2O4S. The largest absolute Gasteiger partial charge is 0.308 e. The number of hydrogen-bond donors (Lipinski definition) is 0. The molecule has 7 heteroatoms. The standard InChI is InChI=1S/C20H20N2O4S/c1-14-11-15-5-2-3-8-18(15)21(13-14)20(24)16-6-4-7-17(12-16)22-19(23)9-10-27(22,25)26/h2-8,12,14H,9-11,13H2,1H3. The van der Waals surface area contributed by atoms with Crippen LogP contribution >= 0.6 is 0 Å². The highest BCUT2D eigenvalue weighted by Crippen LogP contribution is 2.32. The third-order valence-corrected chi connectivity index (χ3v) is 6.69. The summed E-state index contributed by atoms with van der Waals surface area (Å²) in [4.78, 5) is 27.0. The Hall–Kier alpha value is -2.67. The van der Waals surface area contributed by atoms with E-state index in [1.54, 1.807) is 23.1 Å². The number of fused-ring (bicyclic) bond motifs is 1. The average Bonchev–Trinajstić information content (AvgIpc) is 2.93. The highest BCUT2D eigenvalue weighted by atomic mass is 32.2. The first-order valence-electron chi connectivity index (χ1n) is 8.92. The molecule has 0 radical (unpaired) electrons. The fourth-order valence-corrected chi connectivity index (χ4v) is 5.23. The van der Waals surface area contributed by atoms with Gasteiger partial charge in [0.15, 0.2) is 0 Å². The molecule has 2 aromatic rings. The average molecular weight is 384 g/mol. The SMILES string of the molecule is CC1Cc2ccccc2N(C(=O)c2cccc(N3C(=O)CCS3(=O)=O)c2)C1. The topological polar surface area (TPSA) is 74.8 Å². The first-order valence-corrected chi connectivity index (χ1v) is 10.5. The lowest BCUT2D eigenvalue weighted by atomic mass is 9.93. The Balaban J connectivity index is 1.71. The molecular weight excluding hydrogens is 364 g/mol. The summed E-state index contributed by atoms with van der Waals surface area (Å²) in [6, 6.07) is 14.1. The van der Waals surface area contributed by atoms with Gasteiger partial charge in [-0.1, -0.05) is 31.2 Å². The number of para-hydroxylation sites is 1. The molecule has 6 nitrogen and oxygen atoms in total. The molecule has 2 aromatic carbocycles. The monoisotopic (exact) mass is 384 g/mol. The third-order valence-electron chi connectivity index (χ3n) is 5.00. The van der Waals surface area contributed by atoms with Gasteiger partial charge in [0, 0.05) is 24.2 Å². The Kier molecular flexibility index (Phi) is 4.26. The fraction of sp³-hybridized carbons (Fsp3) is 0.300. The second-order valence-corrected chi connectivity index (χ2v) is 9.07. The van der Waals surface area contributed by atoms with Crippen molar-refractivity contribution < 1.29 is 18.0 Å². The zero-order valence-corrected chi connectivity index (χ0v) is 15.8. The van der Waals surface area contributed by atoms with E-state index >= 15 is 0 Å². The summed E-state index contributed by atoms with van der Waals surface area (Å²) in [5, 5.41) is 0. The van der Waals surface area contributed by atoms with E-state index in [0.29, 0.717) is 18.0 Å². The number of anilines is 2. The number of hydrogen-bond acceptors (Lipinski definition) is 4. The van der Waals surface area contributed by atoms with Crippen LogP contribution in [0.3, 0.4) is 0 Å². The van der Waals surface area contributed by atoms with Crippen LogP contribution in [0.2, 0.25) is 0 Å². The minimum Gasteiger partial charge on any atom is -0.308 e. The summed E-state index contributed by atoms with van der Waals surface area (Å²) in [6.45, 7) is 2.70. The van der Waals surface area contributed by atoms with E-state index in [1.165, 1.54) is 6.07 Å². The number of nitrogens with zero attached hydrogens (tertiary/aromatic N) is 2. The van der Waals surface area contributed by atoms with Gasteiger partial charge in [-0.25, -0.2) is 12.7 Å². The first-order chi connectivity index (χ1) is 12.9. The van der Waals surface area contributed by atoms with E-state index < -0.39 is 15.9 Å². The van der Waals surface area contributed by atoms with E-state index in [0.717, 1.165) is 22.0 Å². The number of rotatable bonds is 2. The van der Waals surface area contributed by atoms with Gasteiger partial charge < -0.3 is 4.90 Å². The molecule has 1 atom stereocenters. The summed E-state index contributed by atoms with van der Waals surface area (Å²) in [6.07, 6.45) is 0.887. The second-order valence-electron chi connectivity index (χ2n) is 7.13.